The number of anilines is 1. The predicted octanol–water partition coefficient (Wildman–Crippen LogP) is 5.86. The summed E-state index contributed by atoms with van der Waals surface area (Å²) in [6.07, 6.45) is 1.66. The molecule has 4 rings (SSSR count). The third-order valence-corrected chi connectivity index (χ3v) is 5.46. The van der Waals surface area contributed by atoms with Crippen LogP contribution in [0.1, 0.15) is 5.56 Å². The van der Waals surface area contributed by atoms with Crippen molar-refractivity contribution >= 4 is 44.5 Å². The lowest BCUT2D eigenvalue weighted by molar-refractivity contribution is 0.216. The molecule has 1 aromatic heterocycles. The van der Waals surface area contributed by atoms with Gasteiger partial charge < -0.3 is 14.2 Å². The number of rotatable bonds is 9. The number of hydrogen-bond donors (Lipinski definition) is 1. The molecular weight excluding hydrogens is 434 g/mol. The molecule has 3 aromatic carbocycles. The van der Waals surface area contributed by atoms with E-state index in [1.807, 2.05) is 54.6 Å². The Kier molecular flexibility index (Phi) is 6.86. The SMILES string of the molecule is COc1cccc(OCCOc2ccc(Cl)cc2C=NNc2nc3ccccc3s2)c1. The molecule has 6 nitrogen and oxygen atoms in total. The van der Waals surface area contributed by atoms with E-state index < -0.39 is 0 Å². The molecule has 0 unspecified atom stereocenters. The summed E-state index contributed by atoms with van der Waals surface area (Å²) < 4.78 is 17.9. The van der Waals surface area contributed by atoms with Crippen LogP contribution in [0.15, 0.2) is 71.8 Å². The van der Waals surface area contributed by atoms with E-state index in [1.165, 1.54) is 11.3 Å². The lowest BCUT2D eigenvalue weighted by Gasteiger charge is -2.11. The zero-order valence-electron chi connectivity index (χ0n) is 16.7. The topological polar surface area (TPSA) is 65.0 Å². The number of thiazole rings is 1. The summed E-state index contributed by atoms with van der Waals surface area (Å²) in [5.41, 5.74) is 4.66. The normalized spacial score (nSPS) is 11.0. The van der Waals surface area contributed by atoms with Gasteiger partial charge in [0.05, 0.1) is 23.5 Å². The molecule has 0 spiro atoms. The molecule has 0 aliphatic heterocycles. The maximum atomic E-state index is 6.15. The fraction of sp³-hybridized carbons (Fsp3) is 0.130. The van der Waals surface area contributed by atoms with Crippen LogP contribution in [0.4, 0.5) is 5.13 Å². The molecule has 0 bridgehead atoms. The quantitative estimate of drug-likeness (QED) is 0.195. The highest BCUT2D eigenvalue weighted by atomic mass is 35.5. The Morgan fingerprint density at radius 1 is 1.00 bits per heavy atom. The van der Waals surface area contributed by atoms with Gasteiger partial charge in [-0.15, -0.1) is 0 Å². The molecule has 0 atom stereocenters. The van der Waals surface area contributed by atoms with E-state index in [2.05, 4.69) is 15.5 Å². The van der Waals surface area contributed by atoms with Gasteiger partial charge in [-0.25, -0.2) is 4.98 Å². The summed E-state index contributed by atoms with van der Waals surface area (Å²) in [6.45, 7) is 0.751. The third-order valence-electron chi connectivity index (χ3n) is 4.28. The van der Waals surface area contributed by atoms with E-state index in [9.17, 15) is 0 Å². The van der Waals surface area contributed by atoms with Crippen LogP contribution in [0.25, 0.3) is 10.2 Å². The van der Waals surface area contributed by atoms with Gasteiger partial charge >= 0.3 is 0 Å². The van der Waals surface area contributed by atoms with Gasteiger partial charge in [0, 0.05) is 16.7 Å². The van der Waals surface area contributed by atoms with Crippen molar-refractivity contribution in [2.45, 2.75) is 0 Å². The van der Waals surface area contributed by atoms with Gasteiger partial charge in [0.25, 0.3) is 0 Å². The number of benzene rings is 3. The van der Waals surface area contributed by atoms with Crippen molar-refractivity contribution in [3.63, 3.8) is 0 Å². The molecule has 0 amide bonds. The van der Waals surface area contributed by atoms with Gasteiger partial charge in [0.1, 0.15) is 30.5 Å². The first-order valence-electron chi connectivity index (χ1n) is 9.55. The van der Waals surface area contributed by atoms with Crippen molar-refractivity contribution < 1.29 is 14.2 Å². The van der Waals surface area contributed by atoms with Crippen molar-refractivity contribution in [2.24, 2.45) is 5.10 Å². The van der Waals surface area contributed by atoms with E-state index in [4.69, 9.17) is 25.8 Å². The zero-order chi connectivity index (χ0) is 21.5. The van der Waals surface area contributed by atoms with E-state index in [1.54, 1.807) is 25.5 Å². The van der Waals surface area contributed by atoms with Crippen molar-refractivity contribution in [1.29, 1.82) is 0 Å². The second kappa shape index (κ2) is 10.1. The number of halogens is 1. The first-order chi connectivity index (χ1) is 15.2. The molecule has 158 valence electrons. The highest BCUT2D eigenvalue weighted by molar-refractivity contribution is 7.22. The average Bonchev–Trinajstić information content (AvgIpc) is 3.21. The van der Waals surface area contributed by atoms with Crippen LogP contribution in [0.5, 0.6) is 17.2 Å². The van der Waals surface area contributed by atoms with Crippen LogP contribution in [0.3, 0.4) is 0 Å². The Morgan fingerprint density at radius 3 is 2.71 bits per heavy atom. The second-order valence-electron chi connectivity index (χ2n) is 6.41. The number of fused-ring (bicyclic) bond motifs is 1. The van der Waals surface area contributed by atoms with Crippen molar-refractivity contribution in [2.75, 3.05) is 25.7 Å². The number of nitrogens with zero attached hydrogens (tertiary/aromatic N) is 2. The Morgan fingerprint density at radius 2 is 1.84 bits per heavy atom. The summed E-state index contributed by atoms with van der Waals surface area (Å²) in [4.78, 5) is 4.50. The van der Waals surface area contributed by atoms with Crippen molar-refractivity contribution in [3.8, 4) is 17.2 Å². The highest BCUT2D eigenvalue weighted by Gasteiger charge is 2.05. The monoisotopic (exact) mass is 453 g/mol. The minimum absolute atomic E-state index is 0.366. The maximum Gasteiger partial charge on any atom is 0.204 e. The third kappa shape index (κ3) is 5.65. The number of aromatic nitrogens is 1. The van der Waals surface area contributed by atoms with Gasteiger partial charge in [0.15, 0.2) is 0 Å². The molecule has 0 radical (unpaired) electrons. The first-order valence-corrected chi connectivity index (χ1v) is 10.7. The van der Waals surface area contributed by atoms with Crippen LogP contribution >= 0.6 is 22.9 Å². The van der Waals surface area contributed by atoms with Crippen LogP contribution in [-0.4, -0.2) is 31.5 Å². The Labute approximate surface area is 189 Å². The molecule has 0 saturated carbocycles. The second-order valence-corrected chi connectivity index (χ2v) is 7.88. The summed E-state index contributed by atoms with van der Waals surface area (Å²) in [5.74, 6) is 2.13. The van der Waals surface area contributed by atoms with Crippen LogP contribution < -0.4 is 19.6 Å². The lowest BCUT2D eigenvalue weighted by atomic mass is 10.2. The Hall–Kier alpha value is -3.29. The fourth-order valence-corrected chi connectivity index (χ4v) is 3.83. The van der Waals surface area contributed by atoms with Gasteiger partial charge in [0.2, 0.25) is 5.13 Å². The minimum Gasteiger partial charge on any atom is -0.497 e. The van der Waals surface area contributed by atoms with E-state index in [0.29, 0.717) is 29.1 Å². The standard InChI is InChI=1S/C23H20ClN3O3S/c1-28-18-5-4-6-19(14-18)29-11-12-30-21-10-9-17(24)13-16(21)15-25-27-23-26-20-7-2-3-8-22(20)31-23/h2-10,13-15H,11-12H2,1H3,(H,26,27). The first kappa shape index (κ1) is 21.0. The summed E-state index contributed by atoms with van der Waals surface area (Å²) in [5, 5.41) is 5.61. The molecule has 0 fully saturated rings. The van der Waals surface area contributed by atoms with Gasteiger partial charge in [-0.05, 0) is 42.5 Å². The summed E-state index contributed by atoms with van der Waals surface area (Å²) in [7, 11) is 1.62. The Bertz CT molecular complexity index is 1160. The number of hydrazone groups is 1. The molecule has 31 heavy (non-hydrogen) atoms. The smallest absolute Gasteiger partial charge is 0.204 e. The average molecular weight is 454 g/mol. The molecule has 0 aliphatic rings. The molecule has 0 aliphatic carbocycles. The highest BCUT2D eigenvalue weighted by Crippen LogP contribution is 2.26. The van der Waals surface area contributed by atoms with Crippen molar-refractivity contribution in [3.05, 3.63) is 77.3 Å². The molecule has 1 heterocycles. The molecule has 0 saturated heterocycles. The van der Waals surface area contributed by atoms with Gasteiger partial charge in [-0.2, -0.15) is 5.10 Å². The number of methoxy groups -OCH3 is 1. The number of ether oxygens (including phenoxy) is 3. The molecular formula is C23H20ClN3O3S. The molecule has 8 heteroatoms. The van der Waals surface area contributed by atoms with E-state index >= 15 is 0 Å². The van der Waals surface area contributed by atoms with Gasteiger partial charge in [-0.1, -0.05) is 41.1 Å². The molecule has 4 aromatic rings. The number of hydrogen-bond acceptors (Lipinski definition) is 7. The predicted molar refractivity (Wildman–Crippen MR) is 126 cm³/mol. The summed E-state index contributed by atoms with van der Waals surface area (Å²) >= 11 is 7.69. The molecule has 1 N–H and O–H groups in total. The summed E-state index contributed by atoms with van der Waals surface area (Å²) in [6, 6.07) is 20.8. The fourth-order valence-electron chi connectivity index (χ4n) is 2.83. The van der Waals surface area contributed by atoms with E-state index in [0.717, 1.165) is 27.3 Å². The largest absolute Gasteiger partial charge is 0.497 e. The lowest BCUT2D eigenvalue weighted by Crippen LogP contribution is -2.10. The van der Waals surface area contributed by atoms with Crippen LogP contribution in [0.2, 0.25) is 5.02 Å². The van der Waals surface area contributed by atoms with Crippen LogP contribution in [-0.2, 0) is 0 Å². The number of para-hydroxylation sites is 1. The minimum atomic E-state index is 0.366. The van der Waals surface area contributed by atoms with Crippen molar-refractivity contribution in [1.82, 2.24) is 4.98 Å². The zero-order valence-corrected chi connectivity index (χ0v) is 18.3. The van der Waals surface area contributed by atoms with E-state index in [-0.39, 0.29) is 0 Å². The van der Waals surface area contributed by atoms with Crippen LogP contribution in [0, 0.1) is 0 Å². The van der Waals surface area contributed by atoms with Gasteiger partial charge in [-0.3, -0.25) is 5.43 Å². The number of nitrogens with one attached hydrogen (secondary N) is 1. The maximum absolute atomic E-state index is 6.15. The Balaban J connectivity index is 1.35.